The molecule has 1 aliphatic rings. The molecular formula is C15H18N4O2. The zero-order valence-electron chi connectivity index (χ0n) is 12.0. The van der Waals surface area contributed by atoms with E-state index in [0.29, 0.717) is 16.8 Å². The van der Waals surface area contributed by atoms with Gasteiger partial charge in [-0.15, -0.1) is 0 Å². The Morgan fingerprint density at radius 2 is 2.33 bits per heavy atom. The van der Waals surface area contributed by atoms with Gasteiger partial charge in [-0.25, -0.2) is 0 Å². The van der Waals surface area contributed by atoms with E-state index >= 15 is 0 Å². The lowest BCUT2D eigenvalue weighted by atomic mass is 9.94. The lowest BCUT2D eigenvalue weighted by Gasteiger charge is -2.31. The monoisotopic (exact) mass is 286 g/mol. The van der Waals surface area contributed by atoms with Gasteiger partial charge in [0.15, 0.2) is 12.4 Å². The average Bonchev–Trinajstić information content (AvgIpc) is 2.93. The summed E-state index contributed by atoms with van der Waals surface area (Å²) >= 11 is 0. The van der Waals surface area contributed by atoms with Crippen LogP contribution in [0.1, 0.15) is 34.8 Å². The molecule has 1 atom stereocenters. The fraction of sp³-hybridized carbons (Fsp3) is 0.400. The summed E-state index contributed by atoms with van der Waals surface area (Å²) in [5, 5.41) is 15.7. The summed E-state index contributed by atoms with van der Waals surface area (Å²) < 4.78 is 2.45. The number of likely N-dealkylation sites (tertiary alicyclic amines) is 1. The van der Waals surface area contributed by atoms with E-state index in [1.54, 1.807) is 16.8 Å². The average molecular weight is 286 g/mol. The number of hydrogen-bond donors (Lipinski definition) is 0. The van der Waals surface area contributed by atoms with Crippen LogP contribution in [0.25, 0.3) is 0 Å². The van der Waals surface area contributed by atoms with E-state index in [1.807, 2.05) is 24.2 Å². The molecule has 1 fully saturated rings. The summed E-state index contributed by atoms with van der Waals surface area (Å²) in [7, 11) is 1.90. The van der Waals surface area contributed by atoms with Crippen LogP contribution in [0.15, 0.2) is 36.8 Å². The van der Waals surface area contributed by atoms with E-state index in [4.69, 9.17) is 0 Å². The molecule has 0 aromatic carbocycles. The molecule has 6 heteroatoms. The fourth-order valence-electron chi connectivity index (χ4n) is 2.82. The summed E-state index contributed by atoms with van der Waals surface area (Å²) in [5.74, 6) is 0.188. The van der Waals surface area contributed by atoms with Gasteiger partial charge < -0.3 is 10.1 Å². The van der Waals surface area contributed by atoms with Crippen LogP contribution in [0.3, 0.4) is 0 Å². The Bertz CT molecular complexity index is 653. The molecule has 0 saturated carbocycles. The minimum atomic E-state index is -0.0826. The number of nitrogens with zero attached hydrogens (tertiary/aromatic N) is 4. The highest BCUT2D eigenvalue weighted by Crippen LogP contribution is 2.26. The van der Waals surface area contributed by atoms with Crippen molar-refractivity contribution in [2.75, 3.05) is 13.1 Å². The SMILES string of the molecule is Cn1ccc([C@H]2CCCN(C(=O)c3ccc[n+]([O-])c3)C2)n1. The van der Waals surface area contributed by atoms with E-state index in [1.165, 1.54) is 12.4 Å². The van der Waals surface area contributed by atoms with E-state index in [9.17, 15) is 10.0 Å². The van der Waals surface area contributed by atoms with Crippen LogP contribution >= 0.6 is 0 Å². The van der Waals surface area contributed by atoms with Gasteiger partial charge in [0, 0.05) is 38.3 Å². The van der Waals surface area contributed by atoms with Crippen molar-refractivity contribution >= 4 is 5.91 Å². The molecule has 3 heterocycles. The van der Waals surface area contributed by atoms with E-state index in [-0.39, 0.29) is 11.8 Å². The molecule has 1 saturated heterocycles. The second kappa shape index (κ2) is 5.55. The molecule has 21 heavy (non-hydrogen) atoms. The minimum absolute atomic E-state index is 0.0826. The Morgan fingerprint density at radius 1 is 1.48 bits per heavy atom. The highest BCUT2D eigenvalue weighted by Gasteiger charge is 2.27. The normalized spacial score (nSPS) is 18.7. The summed E-state index contributed by atoms with van der Waals surface area (Å²) in [5.41, 5.74) is 1.47. The van der Waals surface area contributed by atoms with Crippen molar-refractivity contribution in [1.29, 1.82) is 0 Å². The maximum absolute atomic E-state index is 12.5. The van der Waals surface area contributed by atoms with Crippen molar-refractivity contribution in [2.45, 2.75) is 18.8 Å². The van der Waals surface area contributed by atoms with Crippen LogP contribution in [0.4, 0.5) is 0 Å². The summed E-state index contributed by atoms with van der Waals surface area (Å²) in [6, 6.07) is 5.29. The minimum Gasteiger partial charge on any atom is -0.619 e. The maximum atomic E-state index is 12.5. The molecule has 1 amide bonds. The highest BCUT2D eigenvalue weighted by molar-refractivity contribution is 5.93. The Balaban J connectivity index is 1.75. The maximum Gasteiger partial charge on any atom is 0.259 e. The predicted octanol–water partition coefficient (Wildman–Crippen LogP) is 1.07. The van der Waals surface area contributed by atoms with Crippen molar-refractivity contribution < 1.29 is 9.52 Å². The molecular weight excluding hydrogens is 268 g/mol. The van der Waals surface area contributed by atoms with Gasteiger partial charge in [-0.1, -0.05) is 0 Å². The van der Waals surface area contributed by atoms with Gasteiger partial charge in [0.2, 0.25) is 0 Å². The number of rotatable bonds is 2. The number of aryl methyl sites for hydroxylation is 1. The topological polar surface area (TPSA) is 65.1 Å². The number of pyridine rings is 1. The van der Waals surface area contributed by atoms with Crippen LogP contribution in [0, 0.1) is 5.21 Å². The van der Waals surface area contributed by atoms with Gasteiger partial charge >= 0.3 is 0 Å². The van der Waals surface area contributed by atoms with E-state index < -0.39 is 0 Å². The number of hydrogen-bond acceptors (Lipinski definition) is 3. The van der Waals surface area contributed by atoms with Gasteiger partial charge in [0.25, 0.3) is 5.91 Å². The van der Waals surface area contributed by atoms with Crippen molar-refractivity contribution in [3.05, 3.63) is 53.3 Å². The molecule has 2 aromatic rings. The second-order valence-electron chi connectivity index (χ2n) is 5.46. The standard InChI is InChI=1S/C15H18N4O2/c1-17-9-6-14(16-17)12-4-2-7-18(10-12)15(20)13-5-3-8-19(21)11-13/h3,5-6,8-9,11-12H,2,4,7,10H2,1H3/t12-/m0/s1. The van der Waals surface area contributed by atoms with Crippen molar-refractivity contribution in [3.8, 4) is 0 Å². The third-order valence-electron chi connectivity index (χ3n) is 3.88. The van der Waals surface area contributed by atoms with Crippen LogP contribution in [0.2, 0.25) is 0 Å². The van der Waals surface area contributed by atoms with Crippen LogP contribution in [-0.2, 0) is 7.05 Å². The van der Waals surface area contributed by atoms with Gasteiger partial charge in [0.1, 0.15) is 5.56 Å². The molecule has 1 aliphatic heterocycles. The number of piperidine rings is 1. The van der Waals surface area contributed by atoms with Gasteiger partial charge in [-0.2, -0.15) is 9.83 Å². The number of carbonyl (C=O) groups is 1. The first-order valence-corrected chi connectivity index (χ1v) is 7.11. The molecule has 110 valence electrons. The zero-order chi connectivity index (χ0) is 14.8. The van der Waals surface area contributed by atoms with Gasteiger partial charge in [-0.3, -0.25) is 9.48 Å². The van der Waals surface area contributed by atoms with Crippen molar-refractivity contribution in [1.82, 2.24) is 14.7 Å². The summed E-state index contributed by atoms with van der Waals surface area (Å²) in [4.78, 5) is 14.3. The van der Waals surface area contributed by atoms with E-state index in [2.05, 4.69) is 5.10 Å². The molecule has 6 nitrogen and oxygen atoms in total. The lowest BCUT2D eigenvalue weighted by molar-refractivity contribution is -0.605. The predicted molar refractivity (Wildman–Crippen MR) is 76.5 cm³/mol. The Morgan fingerprint density at radius 3 is 3.05 bits per heavy atom. The lowest BCUT2D eigenvalue weighted by Crippen LogP contribution is -2.40. The van der Waals surface area contributed by atoms with Crippen LogP contribution in [0.5, 0.6) is 0 Å². The van der Waals surface area contributed by atoms with Crippen molar-refractivity contribution in [3.63, 3.8) is 0 Å². The first-order valence-electron chi connectivity index (χ1n) is 7.11. The smallest absolute Gasteiger partial charge is 0.259 e. The molecule has 0 N–H and O–H groups in total. The molecule has 2 aromatic heterocycles. The quantitative estimate of drug-likeness (QED) is 0.613. The Kier molecular flexibility index (Phi) is 3.60. The molecule has 0 aliphatic carbocycles. The fourth-order valence-corrected chi connectivity index (χ4v) is 2.82. The first-order chi connectivity index (χ1) is 10.1. The third-order valence-corrected chi connectivity index (χ3v) is 3.88. The van der Waals surface area contributed by atoms with Crippen molar-refractivity contribution in [2.24, 2.45) is 7.05 Å². The molecule has 0 spiro atoms. The Labute approximate surface area is 123 Å². The number of amides is 1. The summed E-state index contributed by atoms with van der Waals surface area (Å²) in [6.07, 6.45) is 6.62. The van der Waals surface area contributed by atoms with Crippen LogP contribution < -0.4 is 4.73 Å². The van der Waals surface area contributed by atoms with Gasteiger partial charge in [0.05, 0.1) is 5.69 Å². The zero-order valence-corrected chi connectivity index (χ0v) is 12.0. The molecule has 0 unspecified atom stereocenters. The third kappa shape index (κ3) is 2.89. The molecule has 0 bridgehead atoms. The van der Waals surface area contributed by atoms with Crippen LogP contribution in [-0.4, -0.2) is 33.7 Å². The largest absolute Gasteiger partial charge is 0.619 e. The van der Waals surface area contributed by atoms with E-state index in [0.717, 1.165) is 25.1 Å². The highest BCUT2D eigenvalue weighted by atomic mass is 16.5. The molecule has 3 rings (SSSR count). The Hall–Kier alpha value is -2.37. The first kappa shape index (κ1) is 13.6. The molecule has 0 radical (unpaired) electrons. The second-order valence-corrected chi connectivity index (χ2v) is 5.46. The number of carbonyl (C=O) groups excluding carboxylic acids is 1. The summed E-state index contributed by atoms with van der Waals surface area (Å²) in [6.45, 7) is 1.39. The number of aromatic nitrogens is 3. The van der Waals surface area contributed by atoms with Gasteiger partial charge in [-0.05, 0) is 25.0 Å².